The quantitative estimate of drug-likeness (QED) is 0.944. The van der Waals surface area contributed by atoms with E-state index in [0.717, 1.165) is 11.6 Å². The zero-order valence-corrected chi connectivity index (χ0v) is 11.8. The summed E-state index contributed by atoms with van der Waals surface area (Å²) < 4.78 is 24.8. The largest absolute Gasteiger partial charge is 0.496 e. The minimum atomic E-state index is -1.19. The summed E-state index contributed by atoms with van der Waals surface area (Å²) in [5.74, 6) is -1.18. The number of carboxylic acids is 1. The molecule has 0 radical (unpaired) electrons. The van der Waals surface area contributed by atoms with Gasteiger partial charge in [0.2, 0.25) is 0 Å². The van der Waals surface area contributed by atoms with Crippen molar-refractivity contribution in [2.45, 2.75) is 0 Å². The molecule has 0 fully saturated rings. The number of aromatic carboxylic acids is 1. The second-order valence-corrected chi connectivity index (χ2v) is 4.77. The second kappa shape index (κ2) is 5.52. The summed E-state index contributed by atoms with van der Waals surface area (Å²) >= 11 is 0. The highest BCUT2D eigenvalue weighted by Crippen LogP contribution is 2.39. The molecule has 5 heteroatoms. The van der Waals surface area contributed by atoms with Gasteiger partial charge >= 0.3 is 5.97 Å². The highest BCUT2D eigenvalue weighted by atomic mass is 19.1. The van der Waals surface area contributed by atoms with E-state index >= 15 is 0 Å². The number of hydrogen-bond donors (Lipinski definition) is 1. The van der Waals surface area contributed by atoms with E-state index in [9.17, 15) is 9.18 Å². The van der Waals surface area contributed by atoms with Crippen molar-refractivity contribution in [1.82, 2.24) is 0 Å². The molecule has 22 heavy (non-hydrogen) atoms. The molecule has 0 spiro atoms. The molecule has 2 aromatic carbocycles. The summed E-state index contributed by atoms with van der Waals surface area (Å²) in [5.41, 5.74) is 1.74. The maximum atomic E-state index is 14.1. The van der Waals surface area contributed by atoms with Crippen molar-refractivity contribution in [1.29, 1.82) is 0 Å². The minimum Gasteiger partial charge on any atom is -0.496 e. The Bertz CT molecular complexity index is 780. The summed E-state index contributed by atoms with van der Waals surface area (Å²) in [6.07, 6.45) is 1.78. The molecule has 112 valence electrons. The molecule has 0 saturated carbocycles. The molecule has 0 atom stereocenters. The Morgan fingerprint density at radius 3 is 2.77 bits per heavy atom. The van der Waals surface area contributed by atoms with Crippen LogP contribution in [0.2, 0.25) is 0 Å². The first-order chi connectivity index (χ1) is 10.6. The summed E-state index contributed by atoms with van der Waals surface area (Å²) in [6, 6.07) is 9.68. The van der Waals surface area contributed by atoms with Crippen molar-refractivity contribution >= 4 is 11.5 Å². The normalized spacial score (nSPS) is 12.9. The molecule has 0 unspecified atom stereocenters. The molecule has 3 rings (SSSR count). The number of carbonyl (C=O) groups is 1. The molecule has 0 aliphatic carbocycles. The molecule has 2 aromatic rings. The third-order valence-electron chi connectivity index (χ3n) is 3.49. The van der Waals surface area contributed by atoms with E-state index in [1.54, 1.807) is 19.3 Å². The molecule has 0 amide bonds. The standard InChI is InChI=1S/C17H13FO4/c1-21-15-5-3-2-4-12(15)11-6-7-22-16-13(11)8-10(17(19)20)9-14(16)18/h2-6,8-9H,7H2,1H3,(H,19,20). The molecule has 1 aliphatic heterocycles. The van der Waals surface area contributed by atoms with E-state index in [2.05, 4.69) is 0 Å². The van der Waals surface area contributed by atoms with E-state index in [1.165, 1.54) is 6.07 Å². The molecule has 1 heterocycles. The van der Waals surface area contributed by atoms with Crippen molar-refractivity contribution < 1.29 is 23.8 Å². The second-order valence-electron chi connectivity index (χ2n) is 4.77. The van der Waals surface area contributed by atoms with Crippen LogP contribution in [0.4, 0.5) is 4.39 Å². The van der Waals surface area contributed by atoms with E-state index in [4.69, 9.17) is 14.6 Å². The monoisotopic (exact) mass is 300 g/mol. The Morgan fingerprint density at radius 2 is 2.05 bits per heavy atom. The van der Waals surface area contributed by atoms with Gasteiger partial charge in [-0.15, -0.1) is 0 Å². The van der Waals surface area contributed by atoms with Crippen molar-refractivity contribution in [2.75, 3.05) is 13.7 Å². The van der Waals surface area contributed by atoms with Crippen LogP contribution in [0.1, 0.15) is 21.5 Å². The van der Waals surface area contributed by atoms with Crippen LogP contribution in [0.3, 0.4) is 0 Å². The number of halogens is 1. The summed E-state index contributed by atoms with van der Waals surface area (Å²) in [7, 11) is 1.55. The van der Waals surface area contributed by atoms with E-state index < -0.39 is 11.8 Å². The molecular formula is C17H13FO4. The van der Waals surface area contributed by atoms with Gasteiger partial charge in [0.25, 0.3) is 0 Å². The highest BCUT2D eigenvalue weighted by Gasteiger charge is 2.23. The lowest BCUT2D eigenvalue weighted by molar-refractivity contribution is 0.0696. The number of benzene rings is 2. The number of carboxylic acid groups (broad SMARTS) is 1. The van der Waals surface area contributed by atoms with Crippen molar-refractivity contribution in [2.24, 2.45) is 0 Å². The summed E-state index contributed by atoms with van der Waals surface area (Å²) in [6.45, 7) is 0.212. The van der Waals surface area contributed by atoms with Crippen molar-refractivity contribution in [3.05, 3.63) is 65.0 Å². The smallest absolute Gasteiger partial charge is 0.335 e. The van der Waals surface area contributed by atoms with Crippen LogP contribution in [-0.4, -0.2) is 24.8 Å². The van der Waals surface area contributed by atoms with Gasteiger partial charge in [-0.2, -0.15) is 0 Å². The van der Waals surface area contributed by atoms with Crippen molar-refractivity contribution in [3.8, 4) is 11.5 Å². The van der Waals surface area contributed by atoms with Gasteiger partial charge in [-0.1, -0.05) is 18.2 Å². The van der Waals surface area contributed by atoms with Gasteiger partial charge < -0.3 is 14.6 Å². The van der Waals surface area contributed by atoms with Crippen LogP contribution in [0, 0.1) is 5.82 Å². The molecule has 1 N–H and O–H groups in total. The van der Waals surface area contributed by atoms with E-state index in [0.29, 0.717) is 16.9 Å². The van der Waals surface area contributed by atoms with Gasteiger partial charge in [-0.05, 0) is 29.8 Å². The van der Waals surface area contributed by atoms with Crippen LogP contribution in [0.25, 0.3) is 5.57 Å². The molecule has 0 aromatic heterocycles. The lowest BCUT2D eigenvalue weighted by atomic mass is 9.93. The summed E-state index contributed by atoms with van der Waals surface area (Å²) in [4.78, 5) is 11.2. The van der Waals surface area contributed by atoms with Gasteiger partial charge in [0, 0.05) is 11.1 Å². The Hall–Kier alpha value is -2.82. The topological polar surface area (TPSA) is 55.8 Å². The van der Waals surface area contributed by atoms with Crippen LogP contribution in [0.5, 0.6) is 11.5 Å². The van der Waals surface area contributed by atoms with Crippen LogP contribution >= 0.6 is 0 Å². The SMILES string of the molecule is COc1ccccc1C1=CCOc2c(F)cc(C(=O)O)cc21. The predicted octanol–water partition coefficient (Wildman–Crippen LogP) is 3.36. The molecule has 0 bridgehead atoms. The van der Waals surface area contributed by atoms with Crippen molar-refractivity contribution in [3.63, 3.8) is 0 Å². The maximum absolute atomic E-state index is 14.1. The van der Waals surface area contributed by atoms with Crippen LogP contribution in [-0.2, 0) is 0 Å². The first kappa shape index (κ1) is 14.1. The lowest BCUT2D eigenvalue weighted by Gasteiger charge is -2.21. The number of methoxy groups -OCH3 is 1. The van der Waals surface area contributed by atoms with E-state index in [-0.39, 0.29) is 17.9 Å². The zero-order valence-electron chi connectivity index (χ0n) is 11.8. The minimum absolute atomic E-state index is 0.0633. The predicted molar refractivity (Wildman–Crippen MR) is 78.9 cm³/mol. The first-order valence-corrected chi connectivity index (χ1v) is 6.65. The Morgan fingerprint density at radius 1 is 1.27 bits per heavy atom. The lowest BCUT2D eigenvalue weighted by Crippen LogP contribution is -2.10. The fraction of sp³-hybridized carbons (Fsp3) is 0.118. The van der Waals surface area contributed by atoms with Gasteiger partial charge in [-0.25, -0.2) is 9.18 Å². The summed E-state index contributed by atoms with van der Waals surface area (Å²) in [5, 5.41) is 9.12. The average molecular weight is 300 g/mol. The first-order valence-electron chi connectivity index (χ1n) is 6.65. The fourth-order valence-electron chi connectivity index (χ4n) is 2.50. The molecule has 1 aliphatic rings. The average Bonchev–Trinajstić information content (AvgIpc) is 2.54. The van der Waals surface area contributed by atoms with Crippen LogP contribution in [0.15, 0.2) is 42.5 Å². The van der Waals surface area contributed by atoms with Gasteiger partial charge in [0.05, 0.1) is 12.7 Å². The molecule has 4 nitrogen and oxygen atoms in total. The van der Waals surface area contributed by atoms with Gasteiger partial charge in [0.1, 0.15) is 12.4 Å². The third-order valence-corrected chi connectivity index (χ3v) is 3.49. The third kappa shape index (κ3) is 2.30. The Balaban J connectivity index is 2.21. The molecule has 0 saturated heterocycles. The number of para-hydroxylation sites is 1. The van der Waals surface area contributed by atoms with Gasteiger partial charge in [-0.3, -0.25) is 0 Å². The number of fused-ring (bicyclic) bond motifs is 1. The van der Waals surface area contributed by atoms with E-state index in [1.807, 2.05) is 18.2 Å². The fourth-order valence-corrected chi connectivity index (χ4v) is 2.50. The number of ether oxygens (including phenoxy) is 2. The Kier molecular flexibility index (Phi) is 3.55. The zero-order chi connectivity index (χ0) is 15.7. The molecular weight excluding hydrogens is 287 g/mol. The Labute approximate surface area is 126 Å². The van der Waals surface area contributed by atoms with Crippen LogP contribution < -0.4 is 9.47 Å². The van der Waals surface area contributed by atoms with Gasteiger partial charge in [0.15, 0.2) is 11.6 Å². The maximum Gasteiger partial charge on any atom is 0.335 e. The number of rotatable bonds is 3. The number of hydrogen-bond acceptors (Lipinski definition) is 3. The highest BCUT2D eigenvalue weighted by molar-refractivity contribution is 5.93.